The second-order valence-electron chi connectivity index (χ2n) is 3.51. The molecule has 0 aliphatic heterocycles. The molecule has 0 bridgehead atoms. The first-order chi connectivity index (χ1) is 8.38. The fraction of sp³-hybridized carbons (Fsp3) is 0.300. The topological polar surface area (TPSA) is 122 Å². The zero-order valence-electron chi connectivity index (χ0n) is 9.48. The van der Waals surface area contributed by atoms with Crippen LogP contribution in [0.5, 0.6) is 0 Å². The number of benzene rings is 1. The Balaban J connectivity index is 2.72. The van der Waals surface area contributed by atoms with Crippen LogP contribution in [-0.4, -0.2) is 27.7 Å². The van der Waals surface area contributed by atoms with Crippen LogP contribution in [0.4, 0.5) is 4.79 Å². The van der Waals surface area contributed by atoms with E-state index in [9.17, 15) is 13.2 Å². The molecule has 0 aromatic heterocycles. The number of hydrogen-bond donors (Lipinski definition) is 2. The first-order valence-corrected chi connectivity index (χ1v) is 6.50. The fourth-order valence-corrected chi connectivity index (χ4v) is 1.68. The summed E-state index contributed by atoms with van der Waals surface area (Å²) in [4.78, 5) is 10.6. The van der Waals surface area contributed by atoms with Crippen LogP contribution < -0.4 is 10.9 Å². The van der Waals surface area contributed by atoms with Gasteiger partial charge in [-0.05, 0) is 5.56 Å². The fourth-order valence-electron chi connectivity index (χ4n) is 1.33. The Labute approximate surface area is 105 Å². The second-order valence-corrected chi connectivity index (χ2v) is 4.74. The summed E-state index contributed by atoms with van der Waals surface area (Å²) >= 11 is 0. The van der Waals surface area contributed by atoms with Gasteiger partial charge in [-0.3, -0.25) is 4.18 Å². The van der Waals surface area contributed by atoms with Crippen molar-refractivity contribution in [3.63, 3.8) is 0 Å². The van der Waals surface area contributed by atoms with Crippen LogP contribution in [0.2, 0.25) is 0 Å². The standard InChI is InChI=1S/C10H14N2O5S/c11-10(13)16-6-9(7-17-18(12,14)15)8-4-2-1-3-5-8/h1-5,9H,6-7H2,(H2,11,13)(H2,12,14,15)/t9-/m1/s1. The number of rotatable bonds is 6. The molecule has 0 fully saturated rings. The number of amides is 1. The maximum absolute atomic E-state index is 10.7. The summed E-state index contributed by atoms with van der Waals surface area (Å²) in [6, 6.07) is 8.84. The zero-order valence-corrected chi connectivity index (χ0v) is 10.3. The third kappa shape index (κ3) is 5.62. The lowest BCUT2D eigenvalue weighted by Gasteiger charge is -2.15. The second kappa shape index (κ2) is 6.34. The van der Waals surface area contributed by atoms with Crippen molar-refractivity contribution in [1.82, 2.24) is 0 Å². The van der Waals surface area contributed by atoms with Crippen LogP contribution in [0.1, 0.15) is 11.5 Å². The van der Waals surface area contributed by atoms with Crippen LogP contribution in [0, 0.1) is 0 Å². The van der Waals surface area contributed by atoms with E-state index in [-0.39, 0.29) is 13.2 Å². The van der Waals surface area contributed by atoms with Crippen molar-refractivity contribution in [2.45, 2.75) is 5.92 Å². The molecule has 0 unspecified atom stereocenters. The molecule has 1 aromatic rings. The minimum atomic E-state index is -4.04. The molecule has 4 N–H and O–H groups in total. The summed E-state index contributed by atoms with van der Waals surface area (Å²) < 4.78 is 30.6. The van der Waals surface area contributed by atoms with Crippen LogP contribution in [0.15, 0.2) is 30.3 Å². The van der Waals surface area contributed by atoms with Gasteiger partial charge in [-0.25, -0.2) is 9.93 Å². The Morgan fingerprint density at radius 3 is 2.33 bits per heavy atom. The van der Waals surface area contributed by atoms with Gasteiger partial charge in [-0.1, -0.05) is 30.3 Å². The van der Waals surface area contributed by atoms with Gasteiger partial charge in [0.2, 0.25) is 0 Å². The van der Waals surface area contributed by atoms with Crippen molar-refractivity contribution in [1.29, 1.82) is 0 Å². The number of carbonyl (C=O) groups is 1. The SMILES string of the molecule is NC(=O)OC[C@H](COS(N)(=O)=O)c1ccccc1. The highest BCUT2D eigenvalue weighted by Gasteiger charge is 2.16. The Bertz CT molecular complexity index is 488. The Hall–Kier alpha value is -1.64. The molecule has 1 rings (SSSR count). The molecule has 1 amide bonds. The van der Waals surface area contributed by atoms with Gasteiger partial charge in [0.05, 0.1) is 6.61 Å². The predicted octanol–water partition coefficient (Wildman–Crippen LogP) is 0.0856. The monoisotopic (exact) mass is 274 g/mol. The molecular formula is C10H14N2O5S. The molecule has 0 spiro atoms. The van der Waals surface area contributed by atoms with Gasteiger partial charge in [0.15, 0.2) is 0 Å². The molecule has 1 atom stereocenters. The van der Waals surface area contributed by atoms with Gasteiger partial charge in [-0.15, -0.1) is 0 Å². The van der Waals surface area contributed by atoms with E-state index in [0.717, 1.165) is 5.56 Å². The van der Waals surface area contributed by atoms with Crippen LogP contribution >= 0.6 is 0 Å². The lowest BCUT2D eigenvalue weighted by molar-refractivity contribution is 0.138. The minimum Gasteiger partial charge on any atom is -0.449 e. The molecule has 18 heavy (non-hydrogen) atoms. The van der Waals surface area contributed by atoms with Crippen LogP contribution in [-0.2, 0) is 19.2 Å². The van der Waals surface area contributed by atoms with Crippen LogP contribution in [0.3, 0.4) is 0 Å². The normalized spacial score (nSPS) is 12.9. The Morgan fingerprint density at radius 2 is 1.83 bits per heavy atom. The summed E-state index contributed by atoms with van der Waals surface area (Å²) in [5, 5.41) is 4.74. The first-order valence-electron chi connectivity index (χ1n) is 5.03. The van der Waals surface area contributed by atoms with Crippen molar-refractivity contribution < 1.29 is 22.1 Å². The van der Waals surface area contributed by atoms with Gasteiger partial charge < -0.3 is 10.5 Å². The Kier molecular flexibility index (Phi) is 5.08. The van der Waals surface area contributed by atoms with E-state index in [1.807, 2.05) is 0 Å². The van der Waals surface area contributed by atoms with Gasteiger partial charge in [0.25, 0.3) is 0 Å². The molecular weight excluding hydrogens is 260 g/mol. The lowest BCUT2D eigenvalue weighted by atomic mass is 10.0. The molecule has 100 valence electrons. The van der Waals surface area contributed by atoms with Crippen molar-refractivity contribution >= 4 is 16.4 Å². The third-order valence-corrected chi connectivity index (χ3v) is 2.60. The van der Waals surface area contributed by atoms with E-state index < -0.39 is 22.3 Å². The third-order valence-electron chi connectivity index (χ3n) is 2.13. The number of hydrogen-bond acceptors (Lipinski definition) is 5. The minimum absolute atomic E-state index is 0.0884. The van der Waals surface area contributed by atoms with Gasteiger partial charge >= 0.3 is 16.4 Å². The average molecular weight is 274 g/mol. The molecule has 0 aliphatic rings. The van der Waals surface area contributed by atoms with Crippen LogP contribution in [0.25, 0.3) is 0 Å². The molecule has 0 saturated heterocycles. The van der Waals surface area contributed by atoms with E-state index >= 15 is 0 Å². The largest absolute Gasteiger partial charge is 0.449 e. The van der Waals surface area contributed by atoms with Gasteiger partial charge in [0.1, 0.15) is 6.61 Å². The Morgan fingerprint density at radius 1 is 1.22 bits per heavy atom. The molecule has 0 radical (unpaired) electrons. The lowest BCUT2D eigenvalue weighted by Crippen LogP contribution is -2.24. The highest BCUT2D eigenvalue weighted by molar-refractivity contribution is 7.84. The van der Waals surface area contributed by atoms with E-state index in [0.29, 0.717) is 0 Å². The predicted molar refractivity (Wildman–Crippen MR) is 63.8 cm³/mol. The van der Waals surface area contributed by atoms with Gasteiger partial charge in [-0.2, -0.15) is 8.42 Å². The van der Waals surface area contributed by atoms with Crippen molar-refractivity contribution in [3.05, 3.63) is 35.9 Å². The number of nitrogens with two attached hydrogens (primary N) is 2. The summed E-state index contributed by atoms with van der Waals surface area (Å²) in [7, 11) is -4.04. The van der Waals surface area contributed by atoms with E-state index in [1.54, 1.807) is 30.3 Å². The summed E-state index contributed by atoms with van der Waals surface area (Å²) in [5.41, 5.74) is 5.61. The summed E-state index contributed by atoms with van der Waals surface area (Å²) in [6.07, 6.45) is -0.938. The molecule has 0 aliphatic carbocycles. The molecule has 1 aromatic carbocycles. The first kappa shape index (κ1) is 14.4. The molecule has 8 heteroatoms. The van der Waals surface area contributed by atoms with Crippen molar-refractivity contribution in [3.8, 4) is 0 Å². The van der Waals surface area contributed by atoms with E-state index in [4.69, 9.17) is 10.9 Å². The highest BCUT2D eigenvalue weighted by Crippen LogP contribution is 2.16. The average Bonchev–Trinajstić information content (AvgIpc) is 2.28. The van der Waals surface area contributed by atoms with Crippen molar-refractivity contribution in [2.75, 3.05) is 13.2 Å². The number of ether oxygens (including phenoxy) is 1. The molecule has 0 saturated carbocycles. The van der Waals surface area contributed by atoms with E-state index in [2.05, 4.69) is 8.92 Å². The smallest absolute Gasteiger partial charge is 0.404 e. The van der Waals surface area contributed by atoms with Crippen molar-refractivity contribution in [2.24, 2.45) is 10.9 Å². The quantitative estimate of drug-likeness (QED) is 0.761. The van der Waals surface area contributed by atoms with E-state index in [1.165, 1.54) is 0 Å². The zero-order chi connectivity index (χ0) is 13.6. The maximum Gasteiger partial charge on any atom is 0.404 e. The van der Waals surface area contributed by atoms with Gasteiger partial charge in [0, 0.05) is 5.92 Å². The number of carbonyl (C=O) groups excluding carboxylic acids is 1. The molecule has 0 heterocycles. The number of primary amides is 1. The molecule has 7 nitrogen and oxygen atoms in total. The summed E-state index contributed by atoms with van der Waals surface area (Å²) in [5.74, 6) is -0.461. The highest BCUT2D eigenvalue weighted by atomic mass is 32.2. The summed E-state index contributed by atoms with van der Waals surface area (Å²) in [6.45, 7) is -0.314. The maximum atomic E-state index is 10.7.